The van der Waals surface area contributed by atoms with Crippen LogP contribution in [0.3, 0.4) is 0 Å². The standard InChI is InChI=1S/C42H43N3/c1-4-18-35(19-5-2)42(36-24-14-8-15-25-36,37-26-16-9-17-27-37)38-30-28-34(29-31-38)41-44-39(32-20-10-6-11-21-32)43-40(45(41)3)33-22-12-7-13-23-33/h4-12,14-22,24-31,39-41,43-44H,1,13,23H2,2-3H3/b19-5-,35-18+. The van der Waals surface area contributed by atoms with Crippen LogP contribution < -0.4 is 10.6 Å². The lowest BCUT2D eigenvalue weighted by atomic mass is 9.64. The largest absolute Gasteiger partial charge is 0.279 e. The van der Waals surface area contributed by atoms with Crippen LogP contribution in [0.5, 0.6) is 0 Å². The van der Waals surface area contributed by atoms with E-state index < -0.39 is 5.41 Å². The first kappa shape index (κ1) is 30.5. The van der Waals surface area contributed by atoms with Gasteiger partial charge in [-0.2, -0.15) is 0 Å². The number of nitrogens with one attached hydrogen (secondary N) is 2. The maximum absolute atomic E-state index is 4.10. The highest BCUT2D eigenvalue weighted by Crippen LogP contribution is 2.46. The van der Waals surface area contributed by atoms with Crippen molar-refractivity contribution in [3.05, 3.63) is 203 Å². The average molecular weight is 590 g/mol. The lowest BCUT2D eigenvalue weighted by Crippen LogP contribution is -2.60. The van der Waals surface area contributed by atoms with Gasteiger partial charge in [-0.3, -0.25) is 15.5 Å². The van der Waals surface area contributed by atoms with Gasteiger partial charge in [0.25, 0.3) is 0 Å². The Hall–Kier alpha value is -4.54. The van der Waals surface area contributed by atoms with E-state index in [1.165, 1.54) is 39.0 Å². The number of hydrogen-bond donors (Lipinski definition) is 2. The van der Waals surface area contributed by atoms with Gasteiger partial charge in [-0.15, -0.1) is 0 Å². The molecule has 4 aromatic rings. The molecule has 3 heteroatoms. The molecule has 3 atom stereocenters. The van der Waals surface area contributed by atoms with Crippen molar-refractivity contribution in [1.29, 1.82) is 0 Å². The van der Waals surface area contributed by atoms with Crippen molar-refractivity contribution in [2.45, 2.75) is 43.7 Å². The molecule has 3 unspecified atom stereocenters. The van der Waals surface area contributed by atoms with Gasteiger partial charge in [-0.25, -0.2) is 0 Å². The van der Waals surface area contributed by atoms with Crippen molar-refractivity contribution in [2.24, 2.45) is 0 Å². The lowest BCUT2D eigenvalue weighted by Gasteiger charge is -2.46. The number of nitrogens with zero attached hydrogens (tertiary/aromatic N) is 1. The Kier molecular flexibility index (Phi) is 9.52. The fourth-order valence-electron chi connectivity index (χ4n) is 7.04. The summed E-state index contributed by atoms with van der Waals surface area (Å²) in [6, 6.07) is 41.7. The molecule has 1 fully saturated rings. The summed E-state index contributed by atoms with van der Waals surface area (Å²) < 4.78 is 0. The molecule has 45 heavy (non-hydrogen) atoms. The Morgan fingerprint density at radius 2 is 1.33 bits per heavy atom. The van der Waals surface area contributed by atoms with Crippen molar-refractivity contribution in [1.82, 2.24) is 15.5 Å². The highest BCUT2D eigenvalue weighted by atomic mass is 15.4. The van der Waals surface area contributed by atoms with Crippen LogP contribution in [0.4, 0.5) is 0 Å². The monoisotopic (exact) mass is 589 g/mol. The molecule has 0 amide bonds. The van der Waals surface area contributed by atoms with Gasteiger partial charge in [-0.1, -0.05) is 164 Å². The van der Waals surface area contributed by atoms with E-state index in [4.69, 9.17) is 0 Å². The van der Waals surface area contributed by atoms with Crippen LogP contribution in [0.15, 0.2) is 176 Å². The number of rotatable bonds is 9. The molecule has 0 spiro atoms. The summed E-state index contributed by atoms with van der Waals surface area (Å²) in [5, 5.41) is 7.82. The first-order valence-corrected chi connectivity index (χ1v) is 16.0. The molecule has 1 aliphatic carbocycles. The van der Waals surface area contributed by atoms with E-state index in [9.17, 15) is 0 Å². The molecular formula is C42H43N3. The predicted molar refractivity (Wildman–Crippen MR) is 189 cm³/mol. The minimum Gasteiger partial charge on any atom is -0.279 e. The molecule has 1 heterocycles. The van der Waals surface area contributed by atoms with Crippen molar-refractivity contribution >= 4 is 0 Å². The molecule has 1 aliphatic heterocycles. The van der Waals surface area contributed by atoms with E-state index in [1.807, 2.05) is 6.08 Å². The summed E-state index contributed by atoms with van der Waals surface area (Å²) in [7, 11) is 2.22. The Balaban J connectivity index is 1.47. The summed E-state index contributed by atoms with van der Waals surface area (Å²) in [6.07, 6.45) is 17.4. The minimum absolute atomic E-state index is 0.0175. The maximum Gasteiger partial charge on any atom is 0.0887 e. The van der Waals surface area contributed by atoms with E-state index in [0.29, 0.717) is 0 Å². The molecule has 2 N–H and O–H groups in total. The number of likely N-dealkylation sites (N-methyl/N-ethyl adjacent to an activating group) is 1. The van der Waals surface area contributed by atoms with Crippen LogP contribution in [0.25, 0.3) is 0 Å². The van der Waals surface area contributed by atoms with E-state index in [2.05, 4.69) is 188 Å². The molecule has 0 bridgehead atoms. The molecule has 0 aromatic heterocycles. The van der Waals surface area contributed by atoms with E-state index >= 15 is 0 Å². The van der Waals surface area contributed by atoms with Gasteiger partial charge < -0.3 is 0 Å². The Bertz CT molecular complexity index is 1640. The van der Waals surface area contributed by atoms with Crippen LogP contribution >= 0.6 is 0 Å². The molecule has 226 valence electrons. The summed E-state index contributed by atoms with van der Waals surface area (Å²) in [5.41, 5.74) is 8.18. The van der Waals surface area contributed by atoms with Gasteiger partial charge in [0, 0.05) is 0 Å². The van der Waals surface area contributed by atoms with Crippen molar-refractivity contribution in [2.75, 3.05) is 7.05 Å². The molecule has 2 aliphatic rings. The summed E-state index contributed by atoms with van der Waals surface area (Å²) >= 11 is 0. The van der Waals surface area contributed by atoms with Crippen LogP contribution in [-0.2, 0) is 5.41 Å². The van der Waals surface area contributed by atoms with Gasteiger partial charge in [0.1, 0.15) is 0 Å². The van der Waals surface area contributed by atoms with Gasteiger partial charge in [-0.05, 0) is 65.8 Å². The predicted octanol–water partition coefficient (Wildman–Crippen LogP) is 9.13. The third kappa shape index (κ3) is 6.08. The van der Waals surface area contributed by atoms with Crippen molar-refractivity contribution < 1.29 is 0 Å². The average Bonchev–Trinajstić information content (AvgIpc) is 3.11. The molecule has 3 nitrogen and oxygen atoms in total. The second-order valence-corrected chi connectivity index (χ2v) is 11.8. The zero-order valence-corrected chi connectivity index (χ0v) is 26.3. The topological polar surface area (TPSA) is 27.3 Å². The van der Waals surface area contributed by atoms with Crippen LogP contribution in [0.1, 0.15) is 59.9 Å². The first-order valence-electron chi connectivity index (χ1n) is 16.0. The molecule has 1 saturated heterocycles. The van der Waals surface area contributed by atoms with E-state index in [1.54, 1.807) is 0 Å². The Morgan fingerprint density at radius 1 is 0.756 bits per heavy atom. The SMILES string of the molecule is C=C/C=C(\C=C/C)C(c1ccccc1)(c1ccccc1)c1ccc(C2NC(c3ccccc3)NC(C3=CC=CCC3)N2C)cc1. The van der Waals surface area contributed by atoms with Gasteiger partial charge in [0.15, 0.2) is 0 Å². The molecular weight excluding hydrogens is 546 g/mol. The quantitative estimate of drug-likeness (QED) is 0.151. The summed E-state index contributed by atoms with van der Waals surface area (Å²) in [6.45, 7) is 6.18. The van der Waals surface area contributed by atoms with Crippen LogP contribution in [0.2, 0.25) is 0 Å². The Labute approximate surface area is 269 Å². The second-order valence-electron chi connectivity index (χ2n) is 11.8. The van der Waals surface area contributed by atoms with Gasteiger partial charge in [0.05, 0.1) is 23.9 Å². The minimum atomic E-state index is -0.524. The lowest BCUT2D eigenvalue weighted by molar-refractivity contribution is 0.0596. The highest BCUT2D eigenvalue weighted by Gasteiger charge is 2.40. The third-order valence-corrected chi connectivity index (χ3v) is 9.14. The van der Waals surface area contributed by atoms with E-state index in [0.717, 1.165) is 12.8 Å². The van der Waals surface area contributed by atoms with Gasteiger partial charge in [0.2, 0.25) is 0 Å². The fraction of sp³-hybridized carbons (Fsp3) is 0.190. The molecule has 4 aromatic carbocycles. The number of hydrogen-bond acceptors (Lipinski definition) is 3. The first-order chi connectivity index (χ1) is 22.2. The molecule has 6 rings (SSSR count). The summed E-state index contributed by atoms with van der Waals surface area (Å²) in [4.78, 5) is 2.43. The summed E-state index contributed by atoms with van der Waals surface area (Å²) in [5.74, 6) is 0. The maximum atomic E-state index is 4.10. The molecule has 0 saturated carbocycles. The Morgan fingerprint density at radius 3 is 1.89 bits per heavy atom. The van der Waals surface area contributed by atoms with Crippen molar-refractivity contribution in [3.8, 4) is 0 Å². The highest BCUT2D eigenvalue weighted by molar-refractivity contribution is 5.62. The van der Waals surface area contributed by atoms with Gasteiger partial charge >= 0.3 is 0 Å². The number of allylic oxidation sites excluding steroid dienone is 8. The van der Waals surface area contributed by atoms with E-state index in [-0.39, 0.29) is 18.5 Å². The third-order valence-electron chi connectivity index (χ3n) is 9.14. The fourth-order valence-corrected chi connectivity index (χ4v) is 7.04. The second kappa shape index (κ2) is 14.0. The zero-order valence-electron chi connectivity index (χ0n) is 26.3. The zero-order chi connectivity index (χ0) is 31.1. The van der Waals surface area contributed by atoms with Crippen LogP contribution in [0, 0.1) is 0 Å². The number of benzene rings is 4. The van der Waals surface area contributed by atoms with Crippen LogP contribution in [-0.4, -0.2) is 18.1 Å². The normalized spacial score (nSPS) is 21.1. The van der Waals surface area contributed by atoms with Crippen molar-refractivity contribution in [3.63, 3.8) is 0 Å². The molecule has 0 radical (unpaired) electrons. The smallest absolute Gasteiger partial charge is 0.0887 e.